The molecule has 0 aliphatic carbocycles. The lowest BCUT2D eigenvalue weighted by Crippen LogP contribution is -1.98. The predicted molar refractivity (Wildman–Crippen MR) is 82.9 cm³/mol. The number of allylic oxidation sites excluding steroid dienone is 5. The fourth-order valence-corrected chi connectivity index (χ4v) is 2.07. The summed E-state index contributed by atoms with van der Waals surface area (Å²) < 4.78 is 14.3. The standard InChI is InChI=1S/C17H18ClF/c1-5-7-13(6-2)8-9-15-16(18)11-10-14(12(3)4)17(15)19/h5-7,10-11H,1-3,8-9H2,4H3/b13-7+. The fraction of sp³-hybridized carbons (Fsp3) is 0.176. The van der Waals surface area contributed by atoms with Crippen molar-refractivity contribution < 1.29 is 4.39 Å². The van der Waals surface area contributed by atoms with Crippen molar-refractivity contribution in [2.75, 3.05) is 0 Å². The summed E-state index contributed by atoms with van der Waals surface area (Å²) in [7, 11) is 0. The van der Waals surface area contributed by atoms with Gasteiger partial charge in [-0.3, -0.25) is 0 Å². The fourth-order valence-electron chi connectivity index (χ4n) is 1.83. The second-order valence-electron chi connectivity index (χ2n) is 4.35. The number of benzene rings is 1. The van der Waals surface area contributed by atoms with Gasteiger partial charge in [0.2, 0.25) is 0 Å². The van der Waals surface area contributed by atoms with E-state index in [9.17, 15) is 4.39 Å². The number of hydrogen-bond acceptors (Lipinski definition) is 0. The third kappa shape index (κ3) is 3.93. The Hall–Kier alpha value is -1.60. The van der Waals surface area contributed by atoms with E-state index in [-0.39, 0.29) is 5.82 Å². The Morgan fingerprint density at radius 1 is 1.37 bits per heavy atom. The van der Waals surface area contributed by atoms with Crippen molar-refractivity contribution in [1.29, 1.82) is 0 Å². The van der Waals surface area contributed by atoms with E-state index in [1.54, 1.807) is 31.2 Å². The Balaban J connectivity index is 3.04. The topological polar surface area (TPSA) is 0 Å². The molecule has 100 valence electrons. The number of rotatable bonds is 6. The van der Waals surface area contributed by atoms with Gasteiger partial charge in [0.1, 0.15) is 5.82 Å². The summed E-state index contributed by atoms with van der Waals surface area (Å²) in [6.45, 7) is 12.9. The molecule has 1 rings (SSSR count). The average molecular weight is 277 g/mol. The van der Waals surface area contributed by atoms with Crippen LogP contribution in [0.4, 0.5) is 4.39 Å². The van der Waals surface area contributed by atoms with E-state index < -0.39 is 0 Å². The molecule has 2 heteroatoms. The molecule has 0 aliphatic rings. The van der Waals surface area contributed by atoms with Crippen molar-refractivity contribution in [3.05, 3.63) is 77.6 Å². The van der Waals surface area contributed by atoms with Crippen LogP contribution in [0.25, 0.3) is 5.57 Å². The quantitative estimate of drug-likeness (QED) is 0.581. The summed E-state index contributed by atoms with van der Waals surface area (Å²) >= 11 is 6.07. The Morgan fingerprint density at radius 2 is 2.05 bits per heavy atom. The Morgan fingerprint density at radius 3 is 2.58 bits per heavy atom. The van der Waals surface area contributed by atoms with E-state index in [1.807, 2.05) is 6.08 Å². The lowest BCUT2D eigenvalue weighted by molar-refractivity contribution is 0.605. The third-order valence-electron chi connectivity index (χ3n) is 2.90. The average Bonchev–Trinajstić information content (AvgIpc) is 2.36. The van der Waals surface area contributed by atoms with Crippen LogP contribution in [0, 0.1) is 5.82 Å². The summed E-state index contributed by atoms with van der Waals surface area (Å²) in [5, 5.41) is 0.449. The summed E-state index contributed by atoms with van der Waals surface area (Å²) in [6.07, 6.45) is 6.50. The van der Waals surface area contributed by atoms with Crippen LogP contribution in [0.1, 0.15) is 24.5 Å². The van der Waals surface area contributed by atoms with Gasteiger partial charge in [0, 0.05) is 16.1 Å². The first-order valence-electron chi connectivity index (χ1n) is 6.08. The van der Waals surface area contributed by atoms with Gasteiger partial charge in [-0.15, -0.1) is 0 Å². The van der Waals surface area contributed by atoms with Gasteiger partial charge < -0.3 is 0 Å². The summed E-state index contributed by atoms with van der Waals surface area (Å²) in [5.41, 5.74) is 2.75. The molecule has 0 saturated carbocycles. The second kappa shape index (κ2) is 7.10. The molecule has 0 aliphatic heterocycles. The van der Waals surface area contributed by atoms with Crippen LogP contribution in [0.2, 0.25) is 5.02 Å². The molecule has 0 N–H and O–H groups in total. The van der Waals surface area contributed by atoms with Crippen LogP contribution >= 0.6 is 11.6 Å². The molecule has 0 bridgehead atoms. The van der Waals surface area contributed by atoms with Gasteiger partial charge in [-0.2, -0.15) is 0 Å². The molecular weight excluding hydrogens is 259 g/mol. The maximum Gasteiger partial charge on any atom is 0.135 e. The molecule has 0 fully saturated rings. The minimum absolute atomic E-state index is 0.276. The van der Waals surface area contributed by atoms with Crippen molar-refractivity contribution in [2.45, 2.75) is 19.8 Å². The van der Waals surface area contributed by atoms with E-state index in [2.05, 4.69) is 19.7 Å². The summed E-state index contributed by atoms with van der Waals surface area (Å²) in [6, 6.07) is 3.38. The largest absolute Gasteiger partial charge is 0.206 e. The van der Waals surface area contributed by atoms with E-state index in [1.165, 1.54) is 0 Å². The number of halogens is 2. The normalized spacial score (nSPS) is 11.2. The summed E-state index contributed by atoms with van der Waals surface area (Å²) in [4.78, 5) is 0. The molecule has 0 spiro atoms. The lowest BCUT2D eigenvalue weighted by Gasteiger charge is -2.10. The van der Waals surface area contributed by atoms with E-state index in [0.717, 1.165) is 5.57 Å². The highest BCUT2D eigenvalue weighted by molar-refractivity contribution is 6.31. The van der Waals surface area contributed by atoms with Crippen LogP contribution in [-0.2, 0) is 6.42 Å². The molecule has 1 aromatic rings. The highest BCUT2D eigenvalue weighted by Crippen LogP contribution is 2.27. The lowest BCUT2D eigenvalue weighted by atomic mass is 9.99. The van der Waals surface area contributed by atoms with Gasteiger partial charge in [-0.05, 0) is 37.0 Å². The maximum atomic E-state index is 14.3. The Labute approximate surface area is 119 Å². The molecule has 0 unspecified atom stereocenters. The summed E-state index contributed by atoms with van der Waals surface area (Å²) in [5.74, 6) is -0.276. The Kier molecular flexibility index (Phi) is 5.78. The molecule has 19 heavy (non-hydrogen) atoms. The maximum absolute atomic E-state index is 14.3. The van der Waals surface area contributed by atoms with E-state index >= 15 is 0 Å². The van der Waals surface area contributed by atoms with Crippen LogP contribution in [0.3, 0.4) is 0 Å². The van der Waals surface area contributed by atoms with Crippen molar-refractivity contribution in [3.63, 3.8) is 0 Å². The number of hydrogen-bond donors (Lipinski definition) is 0. The molecular formula is C17H18ClF. The zero-order valence-corrected chi connectivity index (χ0v) is 11.9. The van der Waals surface area contributed by atoms with Gasteiger partial charge in [0.15, 0.2) is 0 Å². The monoisotopic (exact) mass is 276 g/mol. The first-order valence-corrected chi connectivity index (χ1v) is 6.45. The smallest absolute Gasteiger partial charge is 0.135 e. The van der Waals surface area contributed by atoms with Crippen LogP contribution in [-0.4, -0.2) is 0 Å². The zero-order chi connectivity index (χ0) is 14.4. The van der Waals surface area contributed by atoms with Crippen LogP contribution in [0.5, 0.6) is 0 Å². The second-order valence-corrected chi connectivity index (χ2v) is 4.76. The highest BCUT2D eigenvalue weighted by Gasteiger charge is 2.12. The molecule has 0 nitrogen and oxygen atoms in total. The van der Waals surface area contributed by atoms with Gasteiger partial charge in [-0.1, -0.05) is 55.6 Å². The SMILES string of the molecule is C=C/C=C(\C=C)CCc1c(Cl)ccc(C(=C)C)c1F. The van der Waals surface area contributed by atoms with Crippen LogP contribution < -0.4 is 0 Å². The van der Waals surface area contributed by atoms with Crippen LogP contribution in [0.15, 0.2) is 55.7 Å². The molecule has 0 radical (unpaired) electrons. The van der Waals surface area contributed by atoms with Crippen molar-refractivity contribution in [2.24, 2.45) is 0 Å². The van der Waals surface area contributed by atoms with Gasteiger partial charge >= 0.3 is 0 Å². The molecule has 0 amide bonds. The molecule has 1 aromatic carbocycles. The van der Waals surface area contributed by atoms with Crippen molar-refractivity contribution in [3.8, 4) is 0 Å². The molecule has 0 aromatic heterocycles. The van der Waals surface area contributed by atoms with Gasteiger partial charge in [0.05, 0.1) is 0 Å². The van der Waals surface area contributed by atoms with Gasteiger partial charge in [-0.25, -0.2) is 4.39 Å². The van der Waals surface area contributed by atoms with Crippen molar-refractivity contribution in [1.82, 2.24) is 0 Å². The minimum Gasteiger partial charge on any atom is -0.206 e. The minimum atomic E-state index is -0.276. The van der Waals surface area contributed by atoms with E-state index in [0.29, 0.717) is 34.6 Å². The van der Waals surface area contributed by atoms with Crippen molar-refractivity contribution >= 4 is 17.2 Å². The first-order chi connectivity index (χ1) is 9.01. The third-order valence-corrected chi connectivity index (χ3v) is 3.26. The Bertz CT molecular complexity index is 538. The molecule has 0 saturated heterocycles. The zero-order valence-electron chi connectivity index (χ0n) is 11.2. The predicted octanol–water partition coefficient (Wildman–Crippen LogP) is 5.74. The first kappa shape index (κ1) is 15.5. The molecule has 0 heterocycles. The van der Waals surface area contributed by atoms with E-state index in [4.69, 9.17) is 11.6 Å². The van der Waals surface area contributed by atoms with Gasteiger partial charge in [0.25, 0.3) is 0 Å². The highest BCUT2D eigenvalue weighted by atomic mass is 35.5. The molecule has 0 atom stereocenters.